The quantitative estimate of drug-likeness (QED) is 0.211. The Labute approximate surface area is 319 Å². The highest BCUT2D eigenvalue weighted by Crippen LogP contribution is 2.40. The molecule has 3 aliphatic rings. The van der Waals surface area contributed by atoms with Crippen LogP contribution in [0.3, 0.4) is 0 Å². The number of hydrogen-bond donors (Lipinski definition) is 0. The number of aromatic nitrogens is 3. The Morgan fingerprint density at radius 2 is 0.683 bits per heavy atom. The molecule has 0 aliphatic heterocycles. The van der Waals surface area contributed by atoms with Crippen molar-refractivity contribution in [2.45, 2.75) is 19.3 Å². The van der Waals surface area contributed by atoms with Crippen molar-refractivity contribution in [2.24, 2.45) is 0 Å². The van der Waals surface area contributed by atoms with Crippen molar-refractivity contribution in [3.8, 4) is 36.4 Å². The van der Waals surface area contributed by atoms with E-state index in [9.17, 15) is 47.4 Å². The van der Waals surface area contributed by atoms with Gasteiger partial charge >= 0.3 is 12.4 Å². The van der Waals surface area contributed by atoms with E-state index < -0.39 is 158 Å². The fourth-order valence-electron chi connectivity index (χ4n) is 6.39. The van der Waals surface area contributed by atoms with Crippen LogP contribution >= 0.6 is 0 Å². The minimum atomic E-state index is -5.50. The van der Waals surface area contributed by atoms with Gasteiger partial charge in [-0.15, -0.1) is 0 Å². The molecule has 0 spiro atoms. The van der Waals surface area contributed by atoms with Gasteiger partial charge in [-0.3, -0.25) is 0 Å². The van der Waals surface area contributed by atoms with Crippen molar-refractivity contribution in [1.29, 1.82) is 31.6 Å². The van der Waals surface area contributed by atoms with Crippen molar-refractivity contribution in [2.75, 3.05) is 0 Å². The first-order chi connectivity index (χ1) is 28.2. The largest absolute Gasteiger partial charge is 0.452 e. The van der Waals surface area contributed by atoms with Crippen LogP contribution < -0.4 is 31.3 Å². The second kappa shape index (κ2) is 13.2. The third-order valence-electron chi connectivity index (χ3n) is 8.74. The van der Waals surface area contributed by atoms with Gasteiger partial charge in [-0.2, -0.15) is 72.9 Å². The molecule has 3 heterocycles. The van der Waals surface area contributed by atoms with E-state index in [2.05, 4.69) is 23.8 Å². The fourth-order valence-corrected chi connectivity index (χ4v) is 6.39. The lowest BCUT2D eigenvalue weighted by molar-refractivity contribution is -0.154. The smallest absolute Gasteiger partial charge is 0.439 e. The average Bonchev–Trinajstić information content (AvgIpc) is 4.04. The van der Waals surface area contributed by atoms with Crippen molar-refractivity contribution >= 4 is 51.7 Å². The average molecular weight is 837 g/mol. The van der Waals surface area contributed by atoms with Crippen molar-refractivity contribution < 1.29 is 65.9 Å². The van der Waals surface area contributed by atoms with Gasteiger partial charge in [0.1, 0.15) is 93.9 Å². The van der Waals surface area contributed by atoms with Crippen LogP contribution in [0, 0.1) is 74.9 Å². The summed E-state index contributed by atoms with van der Waals surface area (Å²) in [5, 5.41) is 47.8. The van der Waals surface area contributed by atoms with Gasteiger partial charge in [0.05, 0.1) is 16.7 Å². The van der Waals surface area contributed by atoms with Crippen molar-refractivity contribution in [1.82, 2.24) is 15.0 Å². The van der Waals surface area contributed by atoms with E-state index in [-0.39, 0.29) is 5.76 Å². The third kappa shape index (κ3) is 5.32. The maximum Gasteiger partial charge on any atom is 0.452 e. The summed E-state index contributed by atoms with van der Waals surface area (Å²) in [4.78, 5) is 9.88. The number of nitrogens with zero attached hydrogens (tertiary/aromatic N) is 9. The number of hydrogen-bond acceptors (Lipinski definition) is 12. The summed E-state index contributed by atoms with van der Waals surface area (Å²) in [6, 6.07) is 6.95. The molecule has 0 amide bonds. The molecule has 3 aromatic heterocycles. The highest BCUT2D eigenvalue weighted by atomic mass is 19.4. The number of rotatable bonds is 3. The van der Waals surface area contributed by atoms with Gasteiger partial charge in [-0.05, 0) is 6.92 Å². The molecule has 0 unspecified atom stereocenters. The molecule has 0 radical (unpaired) electrons. The summed E-state index contributed by atoms with van der Waals surface area (Å²) in [7, 11) is 0. The number of halogens is 12. The predicted molar refractivity (Wildman–Crippen MR) is 167 cm³/mol. The molecule has 24 heteroatoms. The summed E-state index contributed by atoms with van der Waals surface area (Å²) in [6.07, 6.45) is -11.0. The fraction of sp³-hybridized carbons (Fsp3) is 0.0833. The number of aryl methyl sites for hydroxylation is 1. The molecule has 0 saturated heterocycles. The molecule has 0 saturated carbocycles. The zero-order valence-electron chi connectivity index (χ0n) is 28.3. The Hall–Kier alpha value is -8.61. The molecule has 0 atom stereocenters. The Morgan fingerprint density at radius 1 is 0.433 bits per heavy atom. The van der Waals surface area contributed by atoms with Crippen LogP contribution in [-0.2, 0) is 12.4 Å². The molecule has 0 fully saturated rings. The zero-order chi connectivity index (χ0) is 44.1. The second-order valence-corrected chi connectivity index (χ2v) is 11.9. The van der Waals surface area contributed by atoms with E-state index in [1.54, 1.807) is 0 Å². The minimum absolute atomic E-state index is 0.316. The molecule has 60 heavy (non-hydrogen) atoms. The molecule has 0 N–H and O–H groups in total. The first-order valence-corrected chi connectivity index (χ1v) is 15.4. The number of benzene rings is 1. The highest BCUT2D eigenvalue weighted by molar-refractivity contribution is 6.03. The molecular weight excluding hydrogens is 834 g/mol. The van der Waals surface area contributed by atoms with E-state index in [1.165, 1.54) is 12.1 Å². The van der Waals surface area contributed by atoms with Crippen molar-refractivity contribution in [3.05, 3.63) is 100 Å². The van der Waals surface area contributed by atoms with Gasteiger partial charge in [0, 0.05) is 31.3 Å². The highest BCUT2D eigenvalue weighted by Gasteiger charge is 2.44. The number of alkyl halides is 6. The number of nitriles is 6. The molecular formula is C36H3F12N9O3. The van der Waals surface area contributed by atoms with Crippen LogP contribution in [0.1, 0.15) is 52.0 Å². The van der Waals surface area contributed by atoms with Crippen LogP contribution in [0.2, 0.25) is 0 Å². The van der Waals surface area contributed by atoms with Gasteiger partial charge in [0.15, 0.2) is 17.1 Å². The molecule has 12 nitrogen and oxygen atoms in total. The standard InChI is InChI=1S/C36H3F12N9O3/c1-8-12(5-52)55-32(58-8)9(2-49)15-24(37)18-19(25(15)38)21-23(29(42)17(27(21)40)11(4-51)34-57-14(7-54)31(60-34)36(46,47)48)22-20(18)26(39)16(28(22)41)10(3-50)33-56-13(6-53)30(59-33)35(43,44)45/h1H3/b15-9?,16-10-,17-11+. The van der Waals surface area contributed by atoms with Crippen LogP contribution in [0.25, 0.3) is 51.7 Å². The van der Waals surface area contributed by atoms with Crippen molar-refractivity contribution in [3.63, 3.8) is 0 Å². The van der Waals surface area contributed by atoms with Crippen LogP contribution in [0.15, 0.2) is 30.0 Å². The summed E-state index contributed by atoms with van der Waals surface area (Å²) in [5.41, 5.74) is -13.4. The third-order valence-corrected chi connectivity index (χ3v) is 8.74. The molecule has 294 valence electrons. The second-order valence-electron chi connectivity index (χ2n) is 11.9. The number of fused-ring (bicyclic) bond motifs is 6. The Bertz CT molecular complexity index is 3360. The lowest BCUT2D eigenvalue weighted by Gasteiger charge is -2.02. The van der Waals surface area contributed by atoms with E-state index in [1.807, 2.05) is 0 Å². The van der Waals surface area contributed by atoms with Gasteiger partial charge in [0.25, 0.3) is 0 Å². The first-order valence-electron chi connectivity index (χ1n) is 15.4. The summed E-state index contributed by atoms with van der Waals surface area (Å²) in [5.74, 6) is -22.0. The zero-order valence-corrected chi connectivity index (χ0v) is 28.3. The van der Waals surface area contributed by atoms with E-state index in [4.69, 9.17) is 14.9 Å². The van der Waals surface area contributed by atoms with Gasteiger partial charge in [-0.25, -0.2) is 26.3 Å². The normalized spacial score (nSPS) is 17.1. The monoisotopic (exact) mass is 837 g/mol. The number of allylic oxidation sites excluding steroid dienone is 6. The Kier molecular flexibility index (Phi) is 8.74. The number of oxazole rings is 3. The van der Waals surface area contributed by atoms with Crippen LogP contribution in [0.4, 0.5) is 52.7 Å². The topological polar surface area (TPSA) is 221 Å². The lowest BCUT2D eigenvalue weighted by Crippen LogP contribution is -2.64. The molecule has 4 aromatic rings. The maximum atomic E-state index is 16.8. The van der Waals surface area contributed by atoms with Gasteiger partial charge < -0.3 is 13.3 Å². The summed E-state index contributed by atoms with van der Waals surface area (Å²) < 4.78 is 197. The summed E-state index contributed by atoms with van der Waals surface area (Å²) in [6.45, 7) is 1.13. The van der Waals surface area contributed by atoms with E-state index in [0.717, 1.165) is 31.2 Å². The first kappa shape index (κ1) is 39.6. The van der Waals surface area contributed by atoms with E-state index >= 15 is 26.3 Å². The Balaban J connectivity index is 1.77. The van der Waals surface area contributed by atoms with Crippen LogP contribution in [-0.4, -0.2) is 15.0 Å². The molecule has 0 bridgehead atoms. The summed E-state index contributed by atoms with van der Waals surface area (Å²) >= 11 is 0. The molecule has 3 aliphatic carbocycles. The Morgan fingerprint density at radius 3 is 0.883 bits per heavy atom. The van der Waals surface area contributed by atoms with E-state index in [0.29, 0.717) is 0 Å². The van der Waals surface area contributed by atoms with Crippen LogP contribution in [0.5, 0.6) is 0 Å². The maximum absolute atomic E-state index is 16.8. The minimum Gasteiger partial charge on any atom is -0.439 e. The molecule has 7 rings (SSSR count). The SMILES string of the molecule is Cc1oc(C(C#N)=C2C(F)=c3c(c4c(c5c3=C(F)/C(=C(\C#N)c3nc(C#N)c(C(F)(F)F)o3)C=5F)=C(F)/C(=C(\C#N)c3nc(C#N)c(C(F)(F)F)o3)C=4F)=C2F)nc1C#N. The predicted octanol–water partition coefficient (Wildman–Crippen LogP) is 4.05. The van der Waals surface area contributed by atoms with Gasteiger partial charge in [-0.1, -0.05) is 0 Å². The molecule has 1 aromatic carbocycles. The van der Waals surface area contributed by atoms with Gasteiger partial charge in [0.2, 0.25) is 29.2 Å². The lowest BCUT2D eigenvalue weighted by atomic mass is 10.1.